The number of aromatic nitrogens is 2. The zero-order chi connectivity index (χ0) is 14.0. The first kappa shape index (κ1) is 13.8. The van der Waals surface area contributed by atoms with Crippen molar-refractivity contribution < 1.29 is 10.0 Å². The van der Waals surface area contributed by atoms with Crippen molar-refractivity contribution in [1.29, 1.82) is 0 Å². The van der Waals surface area contributed by atoms with Crippen LogP contribution in [0.25, 0.3) is 0 Å². The van der Waals surface area contributed by atoms with Crippen LogP contribution in [0.15, 0.2) is 0 Å². The highest BCUT2D eigenvalue weighted by atomic mass is 16.6. The van der Waals surface area contributed by atoms with E-state index in [1.807, 2.05) is 0 Å². The van der Waals surface area contributed by atoms with Crippen molar-refractivity contribution in [2.24, 2.45) is 12.5 Å². The molecule has 0 aliphatic heterocycles. The molecule has 2 N–H and O–H groups in total. The molecule has 1 aromatic rings. The maximum Gasteiger partial charge on any atom is 0.333 e. The Hall–Kier alpha value is -1.63. The lowest BCUT2D eigenvalue weighted by atomic mass is 9.67. The van der Waals surface area contributed by atoms with Crippen LogP contribution in [0.5, 0.6) is 0 Å². The van der Waals surface area contributed by atoms with Gasteiger partial charge in [-0.2, -0.15) is 5.10 Å². The van der Waals surface area contributed by atoms with E-state index in [9.17, 15) is 10.1 Å². The first-order valence-corrected chi connectivity index (χ1v) is 6.52. The summed E-state index contributed by atoms with van der Waals surface area (Å²) in [5.74, 6) is 0.451. The van der Waals surface area contributed by atoms with Crippen molar-refractivity contribution >= 4 is 11.5 Å². The number of hydrogen-bond donors (Lipinski definition) is 2. The average molecular weight is 268 g/mol. The van der Waals surface area contributed by atoms with Gasteiger partial charge in [-0.3, -0.25) is 10.1 Å². The molecule has 19 heavy (non-hydrogen) atoms. The SMILES string of the molecule is Cc1nn(C)c(NCC2(CCO)CCC2)c1[N+](=O)[O-]. The van der Waals surface area contributed by atoms with Crippen LogP contribution in [-0.4, -0.2) is 33.0 Å². The van der Waals surface area contributed by atoms with Crippen LogP contribution in [0.2, 0.25) is 0 Å². The van der Waals surface area contributed by atoms with Gasteiger partial charge in [0, 0.05) is 20.2 Å². The van der Waals surface area contributed by atoms with Gasteiger partial charge in [0.05, 0.1) is 4.92 Å². The fourth-order valence-electron chi connectivity index (χ4n) is 2.76. The smallest absolute Gasteiger partial charge is 0.333 e. The predicted octanol–water partition coefficient (Wildman–Crippen LogP) is 1.60. The second kappa shape index (κ2) is 5.16. The number of aryl methyl sites for hydroxylation is 2. The van der Waals surface area contributed by atoms with Gasteiger partial charge in [-0.15, -0.1) is 0 Å². The molecule has 1 fully saturated rings. The van der Waals surface area contributed by atoms with E-state index in [1.54, 1.807) is 14.0 Å². The van der Waals surface area contributed by atoms with Crippen molar-refractivity contribution in [2.75, 3.05) is 18.5 Å². The molecule has 0 aromatic carbocycles. The van der Waals surface area contributed by atoms with E-state index in [0.717, 1.165) is 25.7 Å². The summed E-state index contributed by atoms with van der Waals surface area (Å²) < 4.78 is 1.51. The van der Waals surface area contributed by atoms with Gasteiger partial charge in [-0.25, -0.2) is 4.68 Å². The lowest BCUT2D eigenvalue weighted by Gasteiger charge is -2.41. The largest absolute Gasteiger partial charge is 0.396 e. The second-order valence-corrected chi connectivity index (χ2v) is 5.34. The number of nitro groups is 1. The summed E-state index contributed by atoms with van der Waals surface area (Å²) in [4.78, 5) is 10.7. The molecule has 106 valence electrons. The fourth-order valence-corrected chi connectivity index (χ4v) is 2.76. The number of aliphatic hydroxyl groups excluding tert-OH is 1. The van der Waals surface area contributed by atoms with Crippen LogP contribution in [0, 0.1) is 22.5 Å². The van der Waals surface area contributed by atoms with Gasteiger partial charge in [0.2, 0.25) is 5.82 Å². The lowest BCUT2D eigenvalue weighted by Crippen LogP contribution is -2.37. The number of nitrogens with zero attached hydrogens (tertiary/aromatic N) is 3. The highest BCUT2D eigenvalue weighted by Gasteiger charge is 2.37. The highest BCUT2D eigenvalue weighted by molar-refractivity contribution is 5.59. The maximum atomic E-state index is 11.1. The average Bonchev–Trinajstić information content (AvgIpc) is 2.57. The van der Waals surface area contributed by atoms with Crippen molar-refractivity contribution in [3.63, 3.8) is 0 Å². The van der Waals surface area contributed by atoms with Gasteiger partial charge in [-0.1, -0.05) is 6.42 Å². The van der Waals surface area contributed by atoms with Crippen LogP contribution in [-0.2, 0) is 7.05 Å². The van der Waals surface area contributed by atoms with Crippen molar-refractivity contribution in [3.05, 3.63) is 15.8 Å². The Labute approximate surface area is 111 Å². The summed E-state index contributed by atoms with van der Waals surface area (Å²) in [6, 6.07) is 0. The molecule has 0 bridgehead atoms. The molecule has 0 radical (unpaired) electrons. The number of aliphatic hydroxyl groups is 1. The maximum absolute atomic E-state index is 11.1. The summed E-state index contributed by atoms with van der Waals surface area (Å²) in [6.07, 6.45) is 4.02. The summed E-state index contributed by atoms with van der Waals surface area (Å²) >= 11 is 0. The minimum atomic E-state index is -0.399. The Kier molecular flexibility index (Phi) is 3.75. The molecule has 0 unspecified atom stereocenters. The van der Waals surface area contributed by atoms with Crippen LogP contribution < -0.4 is 5.32 Å². The number of nitrogens with one attached hydrogen (secondary N) is 1. The van der Waals surface area contributed by atoms with Crippen LogP contribution in [0.4, 0.5) is 11.5 Å². The monoisotopic (exact) mass is 268 g/mol. The Bertz CT molecular complexity index is 480. The van der Waals surface area contributed by atoms with E-state index in [0.29, 0.717) is 18.1 Å². The molecule has 0 spiro atoms. The summed E-state index contributed by atoms with van der Waals surface area (Å²) in [5.41, 5.74) is 0.543. The minimum Gasteiger partial charge on any atom is -0.396 e. The van der Waals surface area contributed by atoms with Crippen LogP contribution >= 0.6 is 0 Å². The van der Waals surface area contributed by atoms with E-state index < -0.39 is 4.92 Å². The van der Waals surface area contributed by atoms with Gasteiger partial charge < -0.3 is 10.4 Å². The standard InChI is InChI=1S/C12H20N4O3/c1-9-10(16(18)19)11(15(2)14-9)13-8-12(6-7-17)4-3-5-12/h13,17H,3-8H2,1-2H3. The molecule has 7 heteroatoms. The molecular weight excluding hydrogens is 248 g/mol. The van der Waals surface area contributed by atoms with Gasteiger partial charge in [0.15, 0.2) is 0 Å². The molecule has 7 nitrogen and oxygen atoms in total. The zero-order valence-corrected chi connectivity index (χ0v) is 11.3. The summed E-state index contributed by atoms with van der Waals surface area (Å²) in [6.45, 7) is 2.44. The molecule has 2 rings (SSSR count). The normalized spacial score (nSPS) is 17.0. The quantitative estimate of drug-likeness (QED) is 0.603. The summed E-state index contributed by atoms with van der Waals surface area (Å²) in [5, 5.41) is 27.4. The van der Waals surface area contributed by atoms with E-state index in [1.165, 1.54) is 4.68 Å². The van der Waals surface area contributed by atoms with E-state index in [2.05, 4.69) is 10.4 Å². The van der Waals surface area contributed by atoms with E-state index in [4.69, 9.17) is 5.11 Å². The number of rotatable bonds is 6. The van der Waals surface area contributed by atoms with Gasteiger partial charge in [0.1, 0.15) is 5.69 Å². The zero-order valence-electron chi connectivity index (χ0n) is 11.3. The van der Waals surface area contributed by atoms with Gasteiger partial charge >= 0.3 is 5.69 Å². The molecule has 1 aromatic heterocycles. The molecule has 1 saturated carbocycles. The molecule has 0 saturated heterocycles. The Morgan fingerprint density at radius 2 is 2.26 bits per heavy atom. The third-order valence-electron chi connectivity index (χ3n) is 4.06. The van der Waals surface area contributed by atoms with E-state index >= 15 is 0 Å². The number of anilines is 1. The Morgan fingerprint density at radius 1 is 1.58 bits per heavy atom. The highest BCUT2D eigenvalue weighted by Crippen LogP contribution is 2.44. The third-order valence-corrected chi connectivity index (χ3v) is 4.06. The first-order chi connectivity index (χ1) is 8.99. The second-order valence-electron chi connectivity index (χ2n) is 5.34. The van der Waals surface area contributed by atoms with Gasteiger partial charge in [-0.05, 0) is 31.6 Å². The summed E-state index contributed by atoms with van der Waals surface area (Å²) in [7, 11) is 1.70. The van der Waals surface area contributed by atoms with Crippen molar-refractivity contribution in [3.8, 4) is 0 Å². The predicted molar refractivity (Wildman–Crippen MR) is 71.1 cm³/mol. The lowest BCUT2D eigenvalue weighted by molar-refractivity contribution is -0.384. The topological polar surface area (TPSA) is 93.2 Å². The fraction of sp³-hybridized carbons (Fsp3) is 0.750. The Morgan fingerprint density at radius 3 is 2.74 bits per heavy atom. The first-order valence-electron chi connectivity index (χ1n) is 6.52. The minimum absolute atomic E-state index is 0.0426. The molecule has 0 amide bonds. The molecule has 0 atom stereocenters. The van der Waals surface area contributed by atoms with Crippen LogP contribution in [0.1, 0.15) is 31.4 Å². The van der Waals surface area contributed by atoms with Crippen molar-refractivity contribution in [1.82, 2.24) is 9.78 Å². The third kappa shape index (κ3) is 2.56. The molecule has 1 heterocycles. The molecule has 1 aliphatic carbocycles. The van der Waals surface area contributed by atoms with Crippen molar-refractivity contribution in [2.45, 2.75) is 32.6 Å². The Balaban J connectivity index is 2.13. The molecular formula is C12H20N4O3. The van der Waals surface area contributed by atoms with Crippen LogP contribution in [0.3, 0.4) is 0 Å². The van der Waals surface area contributed by atoms with Gasteiger partial charge in [0.25, 0.3) is 0 Å². The van der Waals surface area contributed by atoms with E-state index in [-0.39, 0.29) is 17.7 Å². The number of hydrogen-bond acceptors (Lipinski definition) is 5. The molecule has 1 aliphatic rings.